The molecule has 8 heavy (non-hydrogen) atoms. The van der Waals surface area contributed by atoms with E-state index in [2.05, 4.69) is 0 Å². The highest BCUT2D eigenvalue weighted by Crippen LogP contribution is 2.19. The zero-order valence-corrected chi connectivity index (χ0v) is 4.54. The van der Waals surface area contributed by atoms with Crippen LogP contribution in [0.5, 0.6) is 0 Å². The Morgan fingerprint density at radius 1 is 1.50 bits per heavy atom. The lowest BCUT2D eigenvalue weighted by molar-refractivity contribution is 0.567. The van der Waals surface area contributed by atoms with E-state index in [1.807, 2.05) is 0 Å². The Balaban J connectivity index is 3.14. The molecule has 4 heteroatoms. The van der Waals surface area contributed by atoms with Gasteiger partial charge in [0, 0.05) is 0 Å². The van der Waals surface area contributed by atoms with Crippen molar-refractivity contribution < 1.29 is 13.3 Å². The van der Waals surface area contributed by atoms with Crippen LogP contribution in [0.3, 0.4) is 0 Å². The van der Waals surface area contributed by atoms with Gasteiger partial charge < -0.3 is 4.55 Å². The lowest BCUT2D eigenvalue weighted by atomic mass is 10.6. The summed E-state index contributed by atoms with van der Waals surface area (Å²) in [7, 11) is -1.84. The zero-order chi connectivity index (χ0) is 6.15. The van der Waals surface area contributed by atoms with E-state index in [-0.39, 0.29) is 0 Å². The van der Waals surface area contributed by atoms with Gasteiger partial charge in [-0.15, -0.1) is 4.39 Å². The first kappa shape index (κ1) is 5.65. The number of halogens is 2. The van der Waals surface area contributed by atoms with E-state index >= 15 is 0 Å². The van der Waals surface area contributed by atoms with Gasteiger partial charge in [-0.3, -0.25) is 0 Å². The Morgan fingerprint density at radius 2 is 2.12 bits per heavy atom. The molecular formula is C4H2F2OS. The van der Waals surface area contributed by atoms with Gasteiger partial charge in [-0.2, -0.15) is 0 Å². The summed E-state index contributed by atoms with van der Waals surface area (Å²) in [5.74, 6) is -0.763. The molecule has 0 saturated carbocycles. The summed E-state index contributed by atoms with van der Waals surface area (Å²) in [4.78, 5) is 0. The third kappa shape index (κ3) is 0.850. The van der Waals surface area contributed by atoms with Gasteiger partial charge >= 0.3 is 5.13 Å². The van der Waals surface area contributed by atoms with Crippen LogP contribution in [-0.2, 0) is 0 Å². The molecule has 44 valence electrons. The largest absolute Gasteiger partial charge is 0.588 e. The molecule has 0 fully saturated rings. The first-order chi connectivity index (χ1) is 3.70. The van der Waals surface area contributed by atoms with Crippen molar-refractivity contribution in [1.82, 2.24) is 0 Å². The first-order valence-corrected chi connectivity index (χ1v) is 3.06. The second kappa shape index (κ2) is 1.80. The van der Waals surface area contributed by atoms with Crippen molar-refractivity contribution in [2.45, 2.75) is 0 Å². The zero-order valence-electron chi connectivity index (χ0n) is 3.73. The monoisotopic (exact) mass is 136 g/mol. The molecule has 1 aromatic rings. The molecule has 0 saturated heterocycles. The fourth-order valence-electron chi connectivity index (χ4n) is 0.359. The highest BCUT2D eigenvalue weighted by atomic mass is 32.2. The van der Waals surface area contributed by atoms with Crippen LogP contribution in [0.25, 0.3) is 0 Å². The Labute approximate surface area is 47.4 Å². The molecule has 1 atom stereocenters. The molecule has 1 nitrogen and oxygen atoms in total. The van der Waals surface area contributed by atoms with Crippen LogP contribution < -0.4 is 0 Å². The van der Waals surface area contributed by atoms with Crippen LogP contribution >= 0.6 is 10.8 Å². The highest BCUT2D eigenvalue weighted by Gasteiger charge is 2.07. The maximum absolute atomic E-state index is 11.8. The fourth-order valence-corrected chi connectivity index (χ4v) is 0.973. The van der Waals surface area contributed by atoms with Crippen molar-refractivity contribution >= 4 is 10.8 Å². The molecule has 1 unspecified atom stereocenters. The topological polar surface area (TPSA) is 23.1 Å². The highest BCUT2D eigenvalue weighted by molar-refractivity contribution is 7.22. The van der Waals surface area contributed by atoms with Gasteiger partial charge in [-0.05, 0) is 10.8 Å². The summed E-state index contributed by atoms with van der Waals surface area (Å²) in [6, 6.07) is 0.607. The molecule has 0 amide bonds. The third-order valence-corrected chi connectivity index (χ3v) is 1.60. The summed E-state index contributed by atoms with van der Waals surface area (Å²) in [5, 5.41) is -0.197. The van der Waals surface area contributed by atoms with Crippen LogP contribution in [0.1, 0.15) is 0 Å². The first-order valence-electron chi connectivity index (χ1n) is 1.85. The minimum Gasteiger partial charge on any atom is -0.588 e. The van der Waals surface area contributed by atoms with Crippen LogP contribution in [0.2, 0.25) is 0 Å². The van der Waals surface area contributed by atoms with Gasteiger partial charge in [0.1, 0.15) is 0 Å². The molecule has 0 aliphatic carbocycles. The molecule has 1 heterocycles. The van der Waals surface area contributed by atoms with Crippen LogP contribution in [0.4, 0.5) is 8.78 Å². The number of rotatable bonds is 0. The van der Waals surface area contributed by atoms with E-state index in [1.165, 1.54) is 0 Å². The van der Waals surface area contributed by atoms with Gasteiger partial charge in [0.25, 0.3) is 0 Å². The minimum absolute atomic E-state index is 0.607. The summed E-state index contributed by atoms with van der Waals surface area (Å²) in [6.45, 7) is 0. The maximum atomic E-state index is 11.8. The Bertz CT molecular complexity index is 176. The number of hydrogen-bond acceptors (Lipinski definition) is 1. The molecular weight excluding hydrogens is 134 g/mol. The van der Waals surface area contributed by atoms with Crippen molar-refractivity contribution in [2.75, 3.05) is 0 Å². The van der Waals surface area contributed by atoms with E-state index in [4.69, 9.17) is 0 Å². The van der Waals surface area contributed by atoms with E-state index in [0.29, 0.717) is 6.07 Å². The molecule has 1 aromatic heterocycles. The summed E-state index contributed by atoms with van der Waals surface area (Å²) < 4.78 is 33.7. The quantitative estimate of drug-likeness (QED) is 0.498. The van der Waals surface area contributed by atoms with Gasteiger partial charge in [-0.1, -0.05) is 0 Å². The van der Waals surface area contributed by atoms with Crippen molar-refractivity contribution in [3.05, 3.63) is 22.4 Å². The molecule has 0 bridgehead atoms. The summed E-state index contributed by atoms with van der Waals surface area (Å²) in [6.07, 6.45) is 0. The second-order valence-electron chi connectivity index (χ2n) is 1.25. The average molecular weight is 136 g/mol. The molecule has 0 N–H and O–H groups in total. The Kier molecular flexibility index (Phi) is 1.27. The average Bonchev–Trinajstić information content (AvgIpc) is 1.85. The molecule has 0 spiro atoms. The van der Waals surface area contributed by atoms with E-state index in [1.54, 1.807) is 0 Å². The number of thiophene rings is 1. The van der Waals surface area contributed by atoms with Crippen LogP contribution in [0, 0.1) is 10.9 Å². The lowest BCUT2D eigenvalue weighted by Gasteiger charge is -1.79. The van der Waals surface area contributed by atoms with Gasteiger partial charge in [0.2, 0.25) is 0 Å². The maximum Gasteiger partial charge on any atom is 0.324 e. The fraction of sp³-hybridized carbons (Fsp3) is 0. The smallest absolute Gasteiger partial charge is 0.324 e. The lowest BCUT2D eigenvalue weighted by Crippen LogP contribution is -1.58. The van der Waals surface area contributed by atoms with Crippen molar-refractivity contribution in [2.24, 2.45) is 0 Å². The predicted molar refractivity (Wildman–Crippen MR) is 25.0 cm³/mol. The van der Waals surface area contributed by atoms with Crippen molar-refractivity contribution in [1.29, 1.82) is 0 Å². The second-order valence-corrected chi connectivity index (χ2v) is 2.47. The normalized spacial score (nSPS) is 12.1. The standard InChI is InChI=1S/C4H2F2OS/c5-3-1-4(6)8(7)2-3/h1-2H. The minimum atomic E-state index is -1.84. The van der Waals surface area contributed by atoms with Crippen molar-refractivity contribution in [3.63, 3.8) is 0 Å². The molecule has 0 radical (unpaired) electrons. The van der Waals surface area contributed by atoms with Crippen LogP contribution in [-0.4, -0.2) is 4.55 Å². The predicted octanol–water partition coefficient (Wildman–Crippen LogP) is 1.69. The Hall–Kier alpha value is -0.480. The van der Waals surface area contributed by atoms with E-state index < -0.39 is 21.7 Å². The SMILES string of the molecule is [O-][s+]1cc(F)cc1F. The van der Waals surface area contributed by atoms with Gasteiger partial charge in [0.05, 0.1) is 6.07 Å². The van der Waals surface area contributed by atoms with Crippen LogP contribution in [0.15, 0.2) is 11.4 Å². The van der Waals surface area contributed by atoms with E-state index in [0.717, 1.165) is 5.38 Å². The van der Waals surface area contributed by atoms with Crippen molar-refractivity contribution in [3.8, 4) is 0 Å². The number of hydrogen-bond donors (Lipinski definition) is 0. The molecule has 0 aliphatic rings. The molecule has 1 rings (SSSR count). The van der Waals surface area contributed by atoms with Gasteiger partial charge in [0.15, 0.2) is 11.2 Å². The third-order valence-electron chi connectivity index (χ3n) is 0.663. The summed E-state index contributed by atoms with van der Waals surface area (Å²) >= 11 is 0. The molecule has 0 aliphatic heterocycles. The van der Waals surface area contributed by atoms with Gasteiger partial charge in [-0.25, -0.2) is 4.39 Å². The van der Waals surface area contributed by atoms with E-state index in [9.17, 15) is 13.3 Å². The Morgan fingerprint density at radius 3 is 2.25 bits per heavy atom. The molecule has 0 aromatic carbocycles. The summed E-state index contributed by atoms with van der Waals surface area (Å²) in [5.41, 5.74) is 0.